The van der Waals surface area contributed by atoms with E-state index in [1.165, 1.54) is 0 Å². The number of aryl methyl sites for hydroxylation is 1. The van der Waals surface area contributed by atoms with Crippen molar-refractivity contribution in [3.05, 3.63) is 102 Å². The first-order chi connectivity index (χ1) is 17.1. The van der Waals surface area contributed by atoms with Crippen LogP contribution in [0, 0.1) is 0 Å². The molecular formula is C30H36N2O3. The summed E-state index contributed by atoms with van der Waals surface area (Å²) >= 11 is 0. The van der Waals surface area contributed by atoms with Crippen LogP contribution in [0.5, 0.6) is 5.75 Å². The molecule has 0 heterocycles. The molecule has 184 valence electrons. The number of carbonyl (C=O) groups is 2. The number of nitrogens with zero attached hydrogens (tertiary/aromatic N) is 1. The molecule has 1 N–H and O–H groups in total. The number of methoxy groups -OCH3 is 1. The van der Waals surface area contributed by atoms with Gasteiger partial charge in [0.2, 0.25) is 11.8 Å². The Hall–Kier alpha value is -3.60. The van der Waals surface area contributed by atoms with Crippen molar-refractivity contribution < 1.29 is 14.3 Å². The van der Waals surface area contributed by atoms with Gasteiger partial charge in [0.1, 0.15) is 11.8 Å². The number of ether oxygens (including phenoxy) is 1. The number of rotatable bonds is 13. The van der Waals surface area contributed by atoms with E-state index in [-0.39, 0.29) is 11.8 Å². The summed E-state index contributed by atoms with van der Waals surface area (Å²) < 4.78 is 5.39. The summed E-state index contributed by atoms with van der Waals surface area (Å²) in [5.74, 6) is 0.577. The molecule has 0 saturated heterocycles. The smallest absolute Gasteiger partial charge is 0.243 e. The van der Waals surface area contributed by atoms with Crippen LogP contribution in [0.1, 0.15) is 42.9 Å². The minimum atomic E-state index is -0.608. The molecule has 0 aromatic heterocycles. The van der Waals surface area contributed by atoms with E-state index in [9.17, 15) is 9.59 Å². The van der Waals surface area contributed by atoms with E-state index < -0.39 is 6.04 Å². The summed E-state index contributed by atoms with van der Waals surface area (Å²) in [4.78, 5) is 28.8. The zero-order valence-electron chi connectivity index (χ0n) is 20.8. The lowest BCUT2D eigenvalue weighted by Gasteiger charge is -2.32. The van der Waals surface area contributed by atoms with Crippen molar-refractivity contribution in [2.45, 2.75) is 51.6 Å². The van der Waals surface area contributed by atoms with Crippen LogP contribution < -0.4 is 10.1 Å². The zero-order chi connectivity index (χ0) is 24.9. The molecule has 35 heavy (non-hydrogen) atoms. The molecule has 0 bridgehead atoms. The largest absolute Gasteiger partial charge is 0.497 e. The summed E-state index contributed by atoms with van der Waals surface area (Å²) in [5, 5.41) is 3.06. The van der Waals surface area contributed by atoms with Crippen molar-refractivity contribution in [2.24, 2.45) is 0 Å². The first kappa shape index (κ1) is 26.0. The molecule has 0 aliphatic heterocycles. The van der Waals surface area contributed by atoms with E-state index in [2.05, 4.69) is 12.2 Å². The van der Waals surface area contributed by atoms with Gasteiger partial charge in [0.05, 0.1) is 7.11 Å². The van der Waals surface area contributed by atoms with Crippen LogP contribution in [0.4, 0.5) is 0 Å². The lowest BCUT2D eigenvalue weighted by Crippen LogP contribution is -2.50. The SMILES string of the molecule is CCCCNC(=O)C(Cc1ccccc1)N(Cc1cccc(OC)c1)C(=O)CCc1ccccc1. The van der Waals surface area contributed by atoms with Crippen molar-refractivity contribution in [1.82, 2.24) is 10.2 Å². The van der Waals surface area contributed by atoms with Crippen LogP contribution in [0.3, 0.4) is 0 Å². The maximum atomic E-state index is 13.7. The summed E-state index contributed by atoms with van der Waals surface area (Å²) in [6, 6.07) is 26.9. The highest BCUT2D eigenvalue weighted by molar-refractivity contribution is 5.88. The van der Waals surface area contributed by atoms with Crippen molar-refractivity contribution in [1.29, 1.82) is 0 Å². The molecule has 3 aromatic carbocycles. The van der Waals surface area contributed by atoms with Gasteiger partial charge in [-0.15, -0.1) is 0 Å². The molecule has 2 amide bonds. The average molecular weight is 473 g/mol. The maximum Gasteiger partial charge on any atom is 0.243 e. The predicted molar refractivity (Wildman–Crippen MR) is 140 cm³/mol. The number of amides is 2. The van der Waals surface area contributed by atoms with Crippen molar-refractivity contribution in [3.63, 3.8) is 0 Å². The number of benzene rings is 3. The maximum absolute atomic E-state index is 13.7. The van der Waals surface area contributed by atoms with Gasteiger partial charge in [0.15, 0.2) is 0 Å². The molecule has 0 fully saturated rings. The Kier molecular flexibility index (Phi) is 10.4. The van der Waals surface area contributed by atoms with Crippen LogP contribution in [-0.4, -0.2) is 36.4 Å². The molecule has 0 aliphatic carbocycles. The van der Waals surface area contributed by atoms with Gasteiger partial charge in [0.25, 0.3) is 0 Å². The molecule has 1 unspecified atom stereocenters. The molecule has 3 rings (SSSR count). The Morgan fingerprint density at radius 3 is 2.20 bits per heavy atom. The number of nitrogens with one attached hydrogen (secondary N) is 1. The van der Waals surface area contributed by atoms with Gasteiger partial charge in [-0.25, -0.2) is 0 Å². The lowest BCUT2D eigenvalue weighted by molar-refractivity contribution is -0.141. The number of carbonyl (C=O) groups excluding carboxylic acids is 2. The van der Waals surface area contributed by atoms with E-state index in [1.54, 1.807) is 12.0 Å². The third kappa shape index (κ3) is 8.29. The second kappa shape index (κ2) is 14.0. The van der Waals surface area contributed by atoms with Crippen LogP contribution in [-0.2, 0) is 29.0 Å². The minimum absolute atomic E-state index is 0.0387. The van der Waals surface area contributed by atoms with Gasteiger partial charge in [-0.2, -0.15) is 0 Å². The Bertz CT molecular complexity index is 1050. The topological polar surface area (TPSA) is 58.6 Å². The Labute approximate surface area is 209 Å². The van der Waals surface area contributed by atoms with Gasteiger partial charge in [-0.05, 0) is 41.7 Å². The van der Waals surface area contributed by atoms with E-state index in [0.29, 0.717) is 32.4 Å². The van der Waals surface area contributed by atoms with Gasteiger partial charge < -0.3 is 15.0 Å². The second-order valence-corrected chi connectivity index (χ2v) is 8.71. The Balaban J connectivity index is 1.89. The van der Waals surface area contributed by atoms with E-state index in [0.717, 1.165) is 35.3 Å². The normalized spacial score (nSPS) is 11.5. The van der Waals surface area contributed by atoms with Crippen molar-refractivity contribution in [2.75, 3.05) is 13.7 Å². The highest BCUT2D eigenvalue weighted by Gasteiger charge is 2.30. The third-order valence-electron chi connectivity index (χ3n) is 6.06. The van der Waals surface area contributed by atoms with E-state index >= 15 is 0 Å². The summed E-state index contributed by atoms with van der Waals surface area (Å²) in [6.07, 6.45) is 3.32. The van der Waals surface area contributed by atoms with E-state index in [1.807, 2.05) is 84.9 Å². The van der Waals surface area contributed by atoms with Gasteiger partial charge >= 0.3 is 0 Å². The number of hydrogen-bond donors (Lipinski definition) is 1. The molecule has 0 aliphatic rings. The Morgan fingerprint density at radius 1 is 0.886 bits per heavy atom. The average Bonchev–Trinajstić information content (AvgIpc) is 2.90. The highest BCUT2D eigenvalue weighted by Crippen LogP contribution is 2.19. The third-order valence-corrected chi connectivity index (χ3v) is 6.06. The lowest BCUT2D eigenvalue weighted by atomic mass is 10.0. The standard InChI is InChI=1S/C30H36N2O3/c1-3-4-20-31-30(34)28(22-25-14-9-6-10-15-25)32(23-26-16-11-17-27(21-26)35-2)29(33)19-18-24-12-7-5-8-13-24/h5-17,21,28H,3-4,18-20,22-23H2,1-2H3,(H,31,34). The predicted octanol–water partition coefficient (Wildman–Crippen LogP) is 5.18. The van der Waals surface area contributed by atoms with Gasteiger partial charge in [0, 0.05) is 25.9 Å². The zero-order valence-corrected chi connectivity index (χ0v) is 20.8. The van der Waals surface area contributed by atoms with Crippen molar-refractivity contribution >= 4 is 11.8 Å². The van der Waals surface area contributed by atoms with Gasteiger partial charge in [-0.1, -0.05) is 86.1 Å². The molecular weight excluding hydrogens is 436 g/mol. The quantitative estimate of drug-likeness (QED) is 0.349. The fourth-order valence-corrected chi connectivity index (χ4v) is 4.07. The second-order valence-electron chi connectivity index (χ2n) is 8.71. The van der Waals surface area contributed by atoms with Crippen LogP contribution in [0.2, 0.25) is 0 Å². The molecule has 3 aromatic rings. The van der Waals surface area contributed by atoms with Crippen LogP contribution >= 0.6 is 0 Å². The fourth-order valence-electron chi connectivity index (χ4n) is 4.07. The summed E-state index contributed by atoms with van der Waals surface area (Å²) in [7, 11) is 1.63. The minimum Gasteiger partial charge on any atom is -0.497 e. The van der Waals surface area contributed by atoms with Gasteiger partial charge in [-0.3, -0.25) is 9.59 Å². The summed E-state index contributed by atoms with van der Waals surface area (Å²) in [5.41, 5.74) is 3.06. The number of unbranched alkanes of at least 4 members (excludes halogenated alkanes) is 1. The fraction of sp³-hybridized carbons (Fsp3) is 0.333. The van der Waals surface area contributed by atoms with Crippen molar-refractivity contribution in [3.8, 4) is 5.75 Å². The molecule has 5 heteroatoms. The number of hydrogen-bond acceptors (Lipinski definition) is 3. The summed E-state index contributed by atoms with van der Waals surface area (Å²) in [6.45, 7) is 3.03. The first-order valence-corrected chi connectivity index (χ1v) is 12.4. The van der Waals surface area contributed by atoms with Crippen LogP contribution in [0.25, 0.3) is 0 Å². The van der Waals surface area contributed by atoms with E-state index in [4.69, 9.17) is 4.74 Å². The first-order valence-electron chi connectivity index (χ1n) is 12.4. The highest BCUT2D eigenvalue weighted by atomic mass is 16.5. The Morgan fingerprint density at radius 2 is 1.54 bits per heavy atom. The molecule has 0 spiro atoms. The molecule has 0 saturated carbocycles. The molecule has 0 radical (unpaired) electrons. The molecule has 5 nitrogen and oxygen atoms in total. The monoisotopic (exact) mass is 472 g/mol. The van der Waals surface area contributed by atoms with Crippen LogP contribution in [0.15, 0.2) is 84.9 Å². The molecule has 1 atom stereocenters.